The quantitative estimate of drug-likeness (QED) is 0.327. The van der Waals surface area contributed by atoms with E-state index in [1.165, 1.54) is 6.07 Å². The number of hydrogen-bond acceptors (Lipinski definition) is 6. The normalized spacial score (nSPS) is 13.5. The fourth-order valence-electron chi connectivity index (χ4n) is 3.20. The molecular formula is C21H18N4O3S3. The number of amidine groups is 1. The third kappa shape index (κ3) is 4.71. The summed E-state index contributed by atoms with van der Waals surface area (Å²) < 4.78 is 50.7. The van der Waals surface area contributed by atoms with Gasteiger partial charge in [0.25, 0.3) is 10.0 Å². The van der Waals surface area contributed by atoms with Gasteiger partial charge in [-0.25, -0.2) is 0 Å². The first-order valence-corrected chi connectivity index (χ1v) is 12.8. The molecule has 31 heavy (non-hydrogen) atoms. The van der Waals surface area contributed by atoms with Gasteiger partial charge in [0.05, 0.1) is 22.7 Å². The second kappa shape index (κ2) is 9.04. The van der Waals surface area contributed by atoms with Gasteiger partial charge in [-0.3, -0.25) is 4.21 Å². The molecule has 1 aromatic heterocycles. The minimum absolute atomic E-state index is 0.0739. The molecule has 7 nitrogen and oxygen atoms in total. The molecule has 0 saturated heterocycles. The Labute approximate surface area is 186 Å². The molecule has 0 aliphatic carbocycles. The zero-order chi connectivity index (χ0) is 21.8. The van der Waals surface area contributed by atoms with Crippen LogP contribution >= 0.6 is 11.7 Å². The second-order valence-electron chi connectivity index (χ2n) is 6.67. The summed E-state index contributed by atoms with van der Waals surface area (Å²) in [5, 5.41) is -0.468. The van der Waals surface area contributed by atoms with E-state index < -0.39 is 26.1 Å². The first-order valence-electron chi connectivity index (χ1n) is 9.23. The number of nitrogens with zero attached hydrogens (tertiary/aromatic N) is 3. The topological polar surface area (TPSA) is 115 Å². The molecule has 158 valence electrons. The van der Waals surface area contributed by atoms with Crippen LogP contribution < -0.4 is 5.73 Å². The number of hydrogen-bond donors (Lipinski definition) is 1. The van der Waals surface area contributed by atoms with E-state index in [-0.39, 0.29) is 22.0 Å². The van der Waals surface area contributed by atoms with Gasteiger partial charge >= 0.3 is 0 Å². The highest BCUT2D eigenvalue weighted by Crippen LogP contribution is 2.28. The average Bonchev–Trinajstić information content (AvgIpc) is 3.24. The molecule has 1 unspecified atom stereocenters. The Hall–Kier alpha value is -2.95. The molecule has 4 rings (SSSR count). The summed E-state index contributed by atoms with van der Waals surface area (Å²) in [6.45, 7) is 0. The third-order valence-corrected chi connectivity index (χ3v) is 8.08. The van der Waals surface area contributed by atoms with Gasteiger partial charge in [0, 0.05) is 10.8 Å². The van der Waals surface area contributed by atoms with E-state index in [2.05, 4.69) is 13.1 Å². The van der Waals surface area contributed by atoms with Gasteiger partial charge in [-0.15, -0.1) is 4.40 Å². The first kappa shape index (κ1) is 21.3. The SMILES string of the molecule is N/C(CS(=O)C(c1ccccc1)c1ccccc1)=N\S(=O)(=O)c1cccc2nsnc12. The Bertz CT molecular complexity index is 1310. The Morgan fingerprint density at radius 2 is 1.55 bits per heavy atom. The average molecular weight is 471 g/mol. The van der Waals surface area contributed by atoms with Crippen LogP contribution in [0.25, 0.3) is 11.0 Å². The molecule has 0 bridgehead atoms. The van der Waals surface area contributed by atoms with Gasteiger partial charge in [0.15, 0.2) is 0 Å². The standard InChI is InChI=1S/C21H18N4O3S3/c22-19(25-31(27,28)18-13-7-12-17-20(18)24-29-23-17)14-30(26)21(15-8-3-1-4-9-15)16-10-5-2-6-11-16/h1-13,21H,14H2,(H2,22,25). The lowest BCUT2D eigenvalue weighted by molar-refractivity contribution is 0.598. The maximum absolute atomic E-state index is 13.3. The van der Waals surface area contributed by atoms with Crippen molar-refractivity contribution in [1.82, 2.24) is 8.75 Å². The largest absolute Gasteiger partial charge is 0.386 e. The number of sulfonamides is 1. The van der Waals surface area contributed by atoms with Crippen LogP contribution in [0.4, 0.5) is 0 Å². The summed E-state index contributed by atoms with van der Waals surface area (Å²) in [5.41, 5.74) is 8.37. The maximum atomic E-state index is 13.3. The van der Waals surface area contributed by atoms with Gasteiger partial charge in [-0.2, -0.15) is 17.2 Å². The van der Waals surface area contributed by atoms with Crippen LogP contribution in [0.5, 0.6) is 0 Å². The molecule has 3 aromatic carbocycles. The van der Waals surface area contributed by atoms with E-state index in [0.29, 0.717) is 5.52 Å². The molecule has 0 aliphatic rings. The van der Waals surface area contributed by atoms with Crippen molar-refractivity contribution in [2.24, 2.45) is 10.1 Å². The van der Waals surface area contributed by atoms with Crippen LogP contribution in [0.3, 0.4) is 0 Å². The highest BCUT2D eigenvalue weighted by Gasteiger charge is 2.24. The fraction of sp³-hybridized carbons (Fsp3) is 0.0952. The van der Waals surface area contributed by atoms with Crippen molar-refractivity contribution in [2.75, 3.05) is 5.75 Å². The van der Waals surface area contributed by atoms with Crippen LogP contribution in [-0.2, 0) is 20.8 Å². The Morgan fingerprint density at radius 1 is 0.935 bits per heavy atom. The van der Waals surface area contributed by atoms with Crippen molar-refractivity contribution in [2.45, 2.75) is 10.1 Å². The van der Waals surface area contributed by atoms with E-state index in [1.54, 1.807) is 12.1 Å². The maximum Gasteiger partial charge on any atom is 0.286 e. The fourth-order valence-corrected chi connectivity index (χ4v) is 6.45. The van der Waals surface area contributed by atoms with Crippen LogP contribution in [0.1, 0.15) is 16.4 Å². The number of nitrogens with two attached hydrogens (primary N) is 1. The molecule has 0 fully saturated rings. The highest BCUT2D eigenvalue weighted by atomic mass is 32.2. The molecule has 0 amide bonds. The zero-order valence-electron chi connectivity index (χ0n) is 16.2. The van der Waals surface area contributed by atoms with E-state index >= 15 is 0 Å². The minimum Gasteiger partial charge on any atom is -0.386 e. The van der Waals surface area contributed by atoms with E-state index in [0.717, 1.165) is 22.9 Å². The van der Waals surface area contributed by atoms with Crippen LogP contribution in [0.2, 0.25) is 0 Å². The van der Waals surface area contributed by atoms with Crippen molar-refractivity contribution < 1.29 is 12.6 Å². The summed E-state index contributed by atoms with van der Waals surface area (Å²) >= 11 is 0.919. The summed E-state index contributed by atoms with van der Waals surface area (Å²) in [6, 6.07) is 23.4. The zero-order valence-corrected chi connectivity index (χ0v) is 18.6. The molecule has 1 atom stereocenters. The lowest BCUT2D eigenvalue weighted by Gasteiger charge is -2.17. The van der Waals surface area contributed by atoms with Gasteiger partial charge < -0.3 is 5.73 Å². The van der Waals surface area contributed by atoms with Crippen LogP contribution in [-0.4, -0.2) is 33.0 Å². The third-order valence-electron chi connectivity index (χ3n) is 4.52. The van der Waals surface area contributed by atoms with Crippen molar-refractivity contribution in [3.05, 3.63) is 90.0 Å². The van der Waals surface area contributed by atoms with E-state index in [9.17, 15) is 12.6 Å². The molecule has 10 heteroatoms. The van der Waals surface area contributed by atoms with Crippen LogP contribution in [0, 0.1) is 0 Å². The van der Waals surface area contributed by atoms with Gasteiger partial charge in [0.1, 0.15) is 21.8 Å². The van der Waals surface area contributed by atoms with Crippen molar-refractivity contribution in [3.8, 4) is 0 Å². The predicted octanol–water partition coefficient (Wildman–Crippen LogP) is 3.28. The van der Waals surface area contributed by atoms with Gasteiger partial charge in [-0.1, -0.05) is 66.7 Å². The summed E-state index contributed by atoms with van der Waals surface area (Å²) in [7, 11) is -5.67. The number of aromatic nitrogens is 2. The molecule has 0 radical (unpaired) electrons. The van der Waals surface area contributed by atoms with E-state index in [4.69, 9.17) is 5.73 Å². The smallest absolute Gasteiger partial charge is 0.286 e. The van der Waals surface area contributed by atoms with Gasteiger partial charge in [0.2, 0.25) is 0 Å². The molecule has 4 aromatic rings. The predicted molar refractivity (Wildman–Crippen MR) is 124 cm³/mol. The first-order chi connectivity index (χ1) is 15.0. The summed E-state index contributed by atoms with van der Waals surface area (Å²) in [6.07, 6.45) is 0. The Balaban J connectivity index is 1.64. The van der Waals surface area contributed by atoms with Crippen molar-refractivity contribution in [1.29, 1.82) is 0 Å². The molecule has 2 N–H and O–H groups in total. The molecule has 1 heterocycles. The Kier molecular flexibility index (Phi) is 6.21. The van der Waals surface area contributed by atoms with Gasteiger partial charge in [-0.05, 0) is 23.3 Å². The molecule has 0 saturated carbocycles. The molecule has 0 spiro atoms. The van der Waals surface area contributed by atoms with Crippen molar-refractivity contribution >= 4 is 49.4 Å². The van der Waals surface area contributed by atoms with Crippen LogP contribution in [0.15, 0.2) is 88.2 Å². The minimum atomic E-state index is -4.12. The monoisotopic (exact) mass is 470 g/mol. The lowest BCUT2D eigenvalue weighted by atomic mass is 10.0. The summed E-state index contributed by atoms with van der Waals surface area (Å²) in [5.74, 6) is -0.422. The van der Waals surface area contributed by atoms with Crippen molar-refractivity contribution in [3.63, 3.8) is 0 Å². The second-order valence-corrected chi connectivity index (χ2v) is 10.3. The summed E-state index contributed by atoms with van der Waals surface area (Å²) in [4.78, 5) is -0.0739. The number of fused-ring (bicyclic) bond motifs is 1. The van der Waals surface area contributed by atoms with E-state index in [1.807, 2.05) is 60.7 Å². The number of rotatable bonds is 7. The highest BCUT2D eigenvalue weighted by molar-refractivity contribution is 7.90. The number of benzene rings is 3. The molecular weight excluding hydrogens is 452 g/mol. The Morgan fingerprint density at radius 3 is 2.16 bits per heavy atom. The molecule has 0 aliphatic heterocycles. The lowest BCUT2D eigenvalue weighted by Crippen LogP contribution is -2.25.